The lowest BCUT2D eigenvalue weighted by Gasteiger charge is -2.08. The molecule has 0 bridgehead atoms. The molecule has 4 aromatic rings. The first-order chi connectivity index (χ1) is 15.6. The van der Waals surface area contributed by atoms with Crippen molar-refractivity contribution in [3.05, 3.63) is 90.6 Å². The van der Waals surface area contributed by atoms with Crippen LogP contribution in [-0.4, -0.2) is 27.8 Å². The van der Waals surface area contributed by atoms with Gasteiger partial charge in [-0.15, -0.1) is 0 Å². The summed E-state index contributed by atoms with van der Waals surface area (Å²) in [6.07, 6.45) is 2.01. The Morgan fingerprint density at radius 3 is 2.41 bits per heavy atom. The number of anilines is 1. The Labute approximate surface area is 192 Å². The average molecular weight is 444 g/mol. The highest BCUT2D eigenvalue weighted by molar-refractivity contribution is 7.99. The number of amides is 1. The molecule has 0 radical (unpaired) electrons. The molecular weight excluding hydrogens is 418 g/mol. The van der Waals surface area contributed by atoms with Crippen LogP contribution in [0.2, 0.25) is 0 Å². The molecule has 6 heteroatoms. The van der Waals surface area contributed by atoms with Gasteiger partial charge >= 0.3 is 0 Å². The van der Waals surface area contributed by atoms with Gasteiger partial charge in [-0.05, 0) is 62.4 Å². The van der Waals surface area contributed by atoms with Gasteiger partial charge in [-0.2, -0.15) is 0 Å². The Balaban J connectivity index is 1.57. The van der Waals surface area contributed by atoms with Gasteiger partial charge in [0.2, 0.25) is 5.91 Å². The summed E-state index contributed by atoms with van der Waals surface area (Å²) < 4.78 is 7.58. The molecule has 0 atom stereocenters. The van der Waals surface area contributed by atoms with Gasteiger partial charge in [-0.25, -0.2) is 4.98 Å². The van der Waals surface area contributed by atoms with Crippen LogP contribution in [0.1, 0.15) is 12.5 Å². The van der Waals surface area contributed by atoms with Gasteiger partial charge in [-0.3, -0.25) is 9.36 Å². The van der Waals surface area contributed by atoms with Crippen LogP contribution < -0.4 is 10.1 Å². The van der Waals surface area contributed by atoms with E-state index in [-0.39, 0.29) is 11.7 Å². The maximum absolute atomic E-state index is 12.5. The second-order valence-corrected chi connectivity index (χ2v) is 8.22. The van der Waals surface area contributed by atoms with E-state index in [2.05, 4.69) is 36.5 Å². The van der Waals surface area contributed by atoms with Gasteiger partial charge in [-0.1, -0.05) is 47.7 Å². The van der Waals surface area contributed by atoms with E-state index >= 15 is 0 Å². The third-order valence-electron chi connectivity index (χ3n) is 4.84. The van der Waals surface area contributed by atoms with Crippen molar-refractivity contribution in [3.8, 4) is 22.7 Å². The lowest BCUT2D eigenvalue weighted by Crippen LogP contribution is -2.14. The highest BCUT2D eigenvalue weighted by Crippen LogP contribution is 2.28. The molecule has 1 N–H and O–H groups in total. The van der Waals surface area contributed by atoms with E-state index in [1.807, 2.05) is 72.3 Å². The van der Waals surface area contributed by atoms with Gasteiger partial charge in [0.15, 0.2) is 5.16 Å². The number of hydrogen-bond acceptors (Lipinski definition) is 4. The summed E-state index contributed by atoms with van der Waals surface area (Å²) in [4.78, 5) is 17.3. The zero-order valence-corrected chi connectivity index (χ0v) is 18.9. The number of imidazole rings is 1. The first-order valence-corrected chi connectivity index (χ1v) is 11.5. The molecule has 0 spiro atoms. The molecule has 5 nitrogen and oxygen atoms in total. The minimum atomic E-state index is -0.0673. The van der Waals surface area contributed by atoms with Gasteiger partial charge < -0.3 is 10.1 Å². The summed E-state index contributed by atoms with van der Waals surface area (Å²) in [5.74, 6) is 1.03. The van der Waals surface area contributed by atoms with E-state index in [1.165, 1.54) is 17.3 Å². The molecule has 0 saturated carbocycles. The molecular formula is C26H25N3O2S. The quantitative estimate of drug-likeness (QED) is 0.341. The molecule has 162 valence electrons. The standard InChI is InChI=1S/C26H25N3O2S/c1-3-31-23-15-11-20(12-16-23)24-17-29(22-13-9-19(2)10-14-22)26(28-24)32-18-25(30)27-21-7-5-4-6-8-21/h4-17H,3,18H2,1-2H3,(H,27,30). The Morgan fingerprint density at radius 1 is 1.00 bits per heavy atom. The molecule has 0 saturated heterocycles. The number of thioether (sulfide) groups is 1. The molecule has 1 aromatic heterocycles. The summed E-state index contributed by atoms with van der Waals surface area (Å²) in [6, 6.07) is 25.6. The van der Waals surface area contributed by atoms with Crippen LogP contribution in [0.25, 0.3) is 16.9 Å². The minimum Gasteiger partial charge on any atom is -0.494 e. The third-order valence-corrected chi connectivity index (χ3v) is 5.79. The normalized spacial score (nSPS) is 10.7. The molecule has 0 aliphatic carbocycles. The van der Waals surface area contributed by atoms with Crippen molar-refractivity contribution in [3.63, 3.8) is 0 Å². The molecule has 1 amide bonds. The molecule has 3 aromatic carbocycles. The van der Waals surface area contributed by atoms with Gasteiger partial charge in [0, 0.05) is 23.1 Å². The molecule has 4 rings (SSSR count). The van der Waals surface area contributed by atoms with Crippen molar-refractivity contribution < 1.29 is 9.53 Å². The van der Waals surface area contributed by atoms with Crippen molar-refractivity contribution in [1.82, 2.24) is 9.55 Å². The molecule has 32 heavy (non-hydrogen) atoms. The van der Waals surface area contributed by atoms with E-state index in [0.29, 0.717) is 6.61 Å². The highest BCUT2D eigenvalue weighted by atomic mass is 32.2. The zero-order chi connectivity index (χ0) is 22.3. The first kappa shape index (κ1) is 21.7. The number of para-hydroxylation sites is 1. The number of ether oxygens (including phenoxy) is 1. The number of carbonyl (C=O) groups excluding carboxylic acids is 1. The molecule has 0 aliphatic heterocycles. The first-order valence-electron chi connectivity index (χ1n) is 10.5. The molecule has 0 fully saturated rings. The number of nitrogens with one attached hydrogen (secondary N) is 1. The number of nitrogens with zero attached hydrogens (tertiary/aromatic N) is 2. The maximum Gasteiger partial charge on any atom is 0.234 e. The van der Waals surface area contributed by atoms with Crippen LogP contribution >= 0.6 is 11.8 Å². The summed E-state index contributed by atoms with van der Waals surface area (Å²) >= 11 is 1.42. The van der Waals surface area contributed by atoms with Crippen LogP contribution in [0, 0.1) is 6.92 Å². The predicted molar refractivity (Wildman–Crippen MR) is 131 cm³/mol. The van der Waals surface area contributed by atoms with Crippen LogP contribution in [0.5, 0.6) is 5.75 Å². The maximum atomic E-state index is 12.5. The van der Waals surface area contributed by atoms with Crippen molar-refractivity contribution in [2.75, 3.05) is 17.7 Å². The fourth-order valence-electron chi connectivity index (χ4n) is 3.23. The number of rotatable bonds is 8. The number of aryl methyl sites for hydroxylation is 1. The topological polar surface area (TPSA) is 56.1 Å². The van der Waals surface area contributed by atoms with Gasteiger partial charge in [0.1, 0.15) is 5.75 Å². The lowest BCUT2D eigenvalue weighted by molar-refractivity contribution is -0.113. The lowest BCUT2D eigenvalue weighted by atomic mass is 10.1. The average Bonchev–Trinajstić information content (AvgIpc) is 3.24. The Hall–Kier alpha value is -3.51. The number of carbonyl (C=O) groups is 1. The third kappa shape index (κ3) is 5.39. The van der Waals surface area contributed by atoms with Crippen molar-refractivity contribution in [2.45, 2.75) is 19.0 Å². The Morgan fingerprint density at radius 2 is 1.72 bits per heavy atom. The predicted octanol–water partition coefficient (Wildman–Crippen LogP) is 5.98. The largest absolute Gasteiger partial charge is 0.494 e. The van der Waals surface area contributed by atoms with Crippen molar-refractivity contribution in [2.24, 2.45) is 0 Å². The zero-order valence-electron chi connectivity index (χ0n) is 18.1. The summed E-state index contributed by atoms with van der Waals surface area (Å²) in [5.41, 5.74) is 4.83. The molecule has 0 aliphatic rings. The van der Waals surface area contributed by atoms with Crippen LogP contribution in [-0.2, 0) is 4.79 Å². The molecule has 1 heterocycles. The smallest absolute Gasteiger partial charge is 0.234 e. The number of aromatic nitrogens is 2. The summed E-state index contributed by atoms with van der Waals surface area (Å²) in [6.45, 7) is 4.66. The highest BCUT2D eigenvalue weighted by Gasteiger charge is 2.14. The van der Waals surface area contributed by atoms with E-state index in [9.17, 15) is 4.79 Å². The van der Waals surface area contributed by atoms with Crippen molar-refractivity contribution >= 4 is 23.4 Å². The summed E-state index contributed by atoms with van der Waals surface area (Å²) in [7, 11) is 0. The van der Waals surface area contributed by atoms with Crippen LogP contribution in [0.3, 0.4) is 0 Å². The minimum absolute atomic E-state index is 0.0673. The van der Waals surface area contributed by atoms with Gasteiger partial charge in [0.05, 0.1) is 18.1 Å². The van der Waals surface area contributed by atoms with E-state index < -0.39 is 0 Å². The fourth-order valence-corrected chi connectivity index (χ4v) is 4.02. The Kier molecular flexibility index (Phi) is 6.92. The van der Waals surface area contributed by atoms with E-state index in [1.54, 1.807) is 0 Å². The second-order valence-electron chi connectivity index (χ2n) is 7.27. The number of hydrogen-bond donors (Lipinski definition) is 1. The van der Waals surface area contributed by atoms with Crippen LogP contribution in [0.15, 0.2) is 90.2 Å². The SMILES string of the molecule is CCOc1ccc(-c2cn(-c3ccc(C)cc3)c(SCC(=O)Nc3ccccc3)n2)cc1. The molecule has 0 unspecified atom stereocenters. The van der Waals surface area contributed by atoms with Crippen LogP contribution in [0.4, 0.5) is 5.69 Å². The van der Waals surface area contributed by atoms with E-state index in [0.717, 1.165) is 33.5 Å². The van der Waals surface area contributed by atoms with Crippen molar-refractivity contribution in [1.29, 1.82) is 0 Å². The van der Waals surface area contributed by atoms with E-state index in [4.69, 9.17) is 9.72 Å². The van der Waals surface area contributed by atoms with Gasteiger partial charge in [0.25, 0.3) is 0 Å². The monoisotopic (exact) mass is 443 g/mol. The second kappa shape index (κ2) is 10.2. The summed E-state index contributed by atoms with van der Waals surface area (Å²) in [5, 5.41) is 3.69. The Bertz CT molecular complexity index is 1170. The number of benzene rings is 3. The fraction of sp³-hybridized carbons (Fsp3) is 0.154.